The predicted molar refractivity (Wildman–Crippen MR) is 66.3 cm³/mol. The number of para-hydroxylation sites is 1. The maximum atomic E-state index is 9.04. The van der Waals surface area contributed by atoms with Gasteiger partial charge in [-0.1, -0.05) is 31.4 Å². The lowest BCUT2D eigenvalue weighted by Crippen LogP contribution is -2.36. The van der Waals surface area contributed by atoms with E-state index in [4.69, 9.17) is 5.26 Å². The number of nitrogens with one attached hydrogen (secondary N) is 1. The zero-order valence-electron chi connectivity index (χ0n) is 9.79. The molecule has 0 amide bonds. The van der Waals surface area contributed by atoms with E-state index in [1.54, 1.807) is 0 Å². The zero-order valence-corrected chi connectivity index (χ0v) is 9.79. The summed E-state index contributed by atoms with van der Waals surface area (Å²) in [4.78, 5) is 0. The van der Waals surface area contributed by atoms with Gasteiger partial charge in [-0.25, -0.2) is 0 Å². The van der Waals surface area contributed by atoms with Crippen LogP contribution < -0.4 is 5.32 Å². The monoisotopic (exact) mass is 214 g/mol. The molecule has 2 heteroatoms. The first-order valence-corrected chi connectivity index (χ1v) is 6.01. The van der Waals surface area contributed by atoms with Crippen LogP contribution in [0.2, 0.25) is 0 Å². The van der Waals surface area contributed by atoms with E-state index in [2.05, 4.69) is 18.3 Å². The summed E-state index contributed by atoms with van der Waals surface area (Å²) in [7, 11) is 0. The number of hydrogen-bond acceptors (Lipinski definition) is 2. The highest BCUT2D eigenvalue weighted by atomic mass is 15.0. The van der Waals surface area contributed by atoms with Gasteiger partial charge >= 0.3 is 0 Å². The molecule has 1 N–H and O–H groups in total. The molecule has 0 radical (unpaired) electrons. The minimum absolute atomic E-state index is 0.172. The van der Waals surface area contributed by atoms with Gasteiger partial charge in [0.1, 0.15) is 6.07 Å². The van der Waals surface area contributed by atoms with Crippen LogP contribution in [-0.4, -0.2) is 5.54 Å². The van der Waals surface area contributed by atoms with Crippen LogP contribution in [0.1, 0.15) is 44.6 Å². The topological polar surface area (TPSA) is 35.8 Å². The molecule has 1 aliphatic carbocycles. The molecule has 1 aromatic rings. The largest absolute Gasteiger partial charge is 0.379 e. The van der Waals surface area contributed by atoms with E-state index in [0.29, 0.717) is 0 Å². The van der Waals surface area contributed by atoms with E-state index in [-0.39, 0.29) is 5.54 Å². The number of nitrogens with zero attached hydrogens (tertiary/aromatic N) is 1. The molecule has 0 spiro atoms. The molecule has 0 aromatic heterocycles. The van der Waals surface area contributed by atoms with E-state index < -0.39 is 0 Å². The first-order valence-electron chi connectivity index (χ1n) is 6.01. The predicted octanol–water partition coefficient (Wildman–Crippen LogP) is 3.69. The summed E-state index contributed by atoms with van der Waals surface area (Å²) >= 11 is 0. The Balaban J connectivity index is 2.16. The summed E-state index contributed by atoms with van der Waals surface area (Å²) in [6, 6.07) is 10.00. The van der Waals surface area contributed by atoms with Crippen molar-refractivity contribution < 1.29 is 0 Å². The molecule has 2 rings (SSSR count). The zero-order chi connectivity index (χ0) is 11.4. The van der Waals surface area contributed by atoms with Gasteiger partial charge in [-0.05, 0) is 31.9 Å². The third-order valence-electron chi connectivity index (χ3n) is 3.44. The molecule has 1 aromatic carbocycles. The molecule has 0 bridgehead atoms. The van der Waals surface area contributed by atoms with Gasteiger partial charge in [0.2, 0.25) is 0 Å². The third kappa shape index (κ3) is 2.36. The van der Waals surface area contributed by atoms with Crippen molar-refractivity contribution in [2.75, 3.05) is 5.32 Å². The Morgan fingerprint density at radius 2 is 1.88 bits per heavy atom. The fourth-order valence-corrected chi connectivity index (χ4v) is 2.47. The lowest BCUT2D eigenvalue weighted by Gasteiger charge is -2.35. The lowest BCUT2D eigenvalue weighted by molar-refractivity contribution is 0.349. The van der Waals surface area contributed by atoms with Crippen molar-refractivity contribution >= 4 is 5.69 Å². The minimum Gasteiger partial charge on any atom is -0.379 e. The summed E-state index contributed by atoms with van der Waals surface area (Å²) < 4.78 is 0. The highest BCUT2D eigenvalue weighted by Gasteiger charge is 2.26. The molecular weight excluding hydrogens is 196 g/mol. The van der Waals surface area contributed by atoms with Crippen LogP contribution in [-0.2, 0) is 0 Å². The average Bonchev–Trinajstić information content (AvgIpc) is 2.30. The van der Waals surface area contributed by atoms with Gasteiger partial charge in [0.25, 0.3) is 0 Å². The SMILES string of the molecule is CC1(Nc2ccccc2C#N)CCCCC1. The summed E-state index contributed by atoms with van der Waals surface area (Å²) in [6.45, 7) is 2.26. The highest BCUT2D eigenvalue weighted by molar-refractivity contribution is 5.58. The first kappa shape index (κ1) is 11.0. The number of benzene rings is 1. The Bertz CT molecular complexity index is 397. The third-order valence-corrected chi connectivity index (χ3v) is 3.44. The Morgan fingerprint density at radius 3 is 2.56 bits per heavy atom. The number of nitriles is 1. The molecule has 0 aliphatic heterocycles. The van der Waals surface area contributed by atoms with E-state index in [9.17, 15) is 0 Å². The van der Waals surface area contributed by atoms with E-state index in [0.717, 1.165) is 11.3 Å². The maximum absolute atomic E-state index is 9.04. The van der Waals surface area contributed by atoms with Crippen molar-refractivity contribution in [3.05, 3.63) is 29.8 Å². The van der Waals surface area contributed by atoms with Gasteiger partial charge in [-0.15, -0.1) is 0 Å². The van der Waals surface area contributed by atoms with Crippen LogP contribution in [0.25, 0.3) is 0 Å². The lowest BCUT2D eigenvalue weighted by atomic mass is 9.83. The van der Waals surface area contributed by atoms with Crippen molar-refractivity contribution in [2.45, 2.75) is 44.6 Å². The molecule has 2 nitrogen and oxygen atoms in total. The van der Waals surface area contributed by atoms with Crippen LogP contribution in [0.3, 0.4) is 0 Å². The Morgan fingerprint density at radius 1 is 1.19 bits per heavy atom. The summed E-state index contributed by atoms with van der Waals surface area (Å²) in [6.07, 6.45) is 6.33. The van der Waals surface area contributed by atoms with Crippen LogP contribution in [0.5, 0.6) is 0 Å². The molecular formula is C14H18N2. The van der Waals surface area contributed by atoms with Gasteiger partial charge in [-0.2, -0.15) is 5.26 Å². The van der Waals surface area contributed by atoms with E-state index in [1.807, 2.05) is 24.3 Å². The molecule has 84 valence electrons. The Hall–Kier alpha value is -1.49. The second-order valence-corrected chi connectivity index (χ2v) is 4.90. The second-order valence-electron chi connectivity index (χ2n) is 4.90. The molecule has 0 saturated heterocycles. The van der Waals surface area contributed by atoms with E-state index in [1.165, 1.54) is 32.1 Å². The van der Waals surface area contributed by atoms with E-state index >= 15 is 0 Å². The van der Waals surface area contributed by atoms with Crippen LogP contribution in [0, 0.1) is 11.3 Å². The molecule has 1 fully saturated rings. The minimum atomic E-state index is 0.172. The second kappa shape index (κ2) is 4.57. The maximum Gasteiger partial charge on any atom is 0.101 e. The summed E-state index contributed by atoms with van der Waals surface area (Å²) in [5, 5.41) is 12.6. The normalized spacial score (nSPS) is 18.8. The molecule has 0 heterocycles. The highest BCUT2D eigenvalue weighted by Crippen LogP contribution is 2.31. The molecule has 1 aliphatic rings. The number of anilines is 1. The van der Waals surface area contributed by atoms with Gasteiger partial charge in [0, 0.05) is 5.54 Å². The molecule has 1 saturated carbocycles. The van der Waals surface area contributed by atoms with Gasteiger partial charge in [0.15, 0.2) is 0 Å². The first-order chi connectivity index (χ1) is 7.73. The van der Waals surface area contributed by atoms with Crippen molar-refractivity contribution in [1.82, 2.24) is 0 Å². The Kier molecular flexibility index (Phi) is 3.14. The van der Waals surface area contributed by atoms with Gasteiger partial charge in [0.05, 0.1) is 11.3 Å². The number of hydrogen-bond donors (Lipinski definition) is 1. The fourth-order valence-electron chi connectivity index (χ4n) is 2.47. The van der Waals surface area contributed by atoms with Crippen LogP contribution in [0.15, 0.2) is 24.3 Å². The fraction of sp³-hybridized carbons (Fsp3) is 0.500. The summed E-state index contributed by atoms with van der Waals surface area (Å²) in [5.41, 5.74) is 1.90. The van der Waals surface area contributed by atoms with Gasteiger partial charge in [-0.3, -0.25) is 0 Å². The molecule has 0 unspecified atom stereocenters. The molecule has 16 heavy (non-hydrogen) atoms. The van der Waals surface area contributed by atoms with Crippen molar-refractivity contribution in [3.8, 4) is 6.07 Å². The van der Waals surface area contributed by atoms with Crippen molar-refractivity contribution in [2.24, 2.45) is 0 Å². The van der Waals surface area contributed by atoms with Gasteiger partial charge < -0.3 is 5.32 Å². The Labute approximate surface area is 97.3 Å². The molecule has 0 atom stereocenters. The standard InChI is InChI=1S/C14H18N2/c1-14(9-5-2-6-10-14)16-13-8-4-3-7-12(13)11-15/h3-4,7-8,16H,2,5-6,9-10H2,1H3. The van der Waals surface area contributed by atoms with Crippen LogP contribution >= 0.6 is 0 Å². The summed E-state index contributed by atoms with van der Waals surface area (Å²) in [5.74, 6) is 0. The smallest absolute Gasteiger partial charge is 0.101 e. The quantitative estimate of drug-likeness (QED) is 0.815. The van der Waals surface area contributed by atoms with Crippen molar-refractivity contribution in [1.29, 1.82) is 5.26 Å². The van der Waals surface area contributed by atoms with Crippen LogP contribution in [0.4, 0.5) is 5.69 Å². The van der Waals surface area contributed by atoms with Crippen molar-refractivity contribution in [3.63, 3.8) is 0 Å². The number of rotatable bonds is 2. The average molecular weight is 214 g/mol.